The standard InChI is InChI=1S/C7H6O2.C6H8N2/c8-5-6-3-1-2-4-7(6)9;7-8-6-4-2-1-3-5-6/h1-5,9H;1-5,8H,7H2. The molecule has 0 amide bonds. The highest BCUT2D eigenvalue weighted by Crippen LogP contribution is 2.11. The molecule has 2 aromatic carbocycles. The maximum Gasteiger partial charge on any atom is 0.153 e. The molecule has 17 heavy (non-hydrogen) atoms. The molecular weight excluding hydrogens is 216 g/mol. The number of para-hydroxylation sites is 2. The average molecular weight is 230 g/mol. The predicted molar refractivity (Wildman–Crippen MR) is 67.7 cm³/mol. The van der Waals surface area contributed by atoms with Crippen molar-refractivity contribution in [3.63, 3.8) is 0 Å². The fourth-order valence-electron chi connectivity index (χ4n) is 1.12. The summed E-state index contributed by atoms with van der Waals surface area (Å²) in [6.45, 7) is 0. The Bertz CT molecular complexity index is 458. The number of aromatic hydroxyl groups is 1. The average Bonchev–Trinajstić information content (AvgIpc) is 2.41. The van der Waals surface area contributed by atoms with Crippen LogP contribution in [0.15, 0.2) is 54.6 Å². The van der Waals surface area contributed by atoms with Crippen LogP contribution in [0, 0.1) is 0 Å². The molecule has 2 rings (SSSR count). The van der Waals surface area contributed by atoms with E-state index in [2.05, 4.69) is 5.43 Å². The van der Waals surface area contributed by atoms with Crippen LogP contribution in [-0.4, -0.2) is 11.4 Å². The SMILES string of the molecule is NNc1ccccc1.O=Cc1ccccc1O. The van der Waals surface area contributed by atoms with E-state index in [1.807, 2.05) is 30.3 Å². The van der Waals surface area contributed by atoms with Crippen LogP contribution < -0.4 is 11.3 Å². The zero-order valence-corrected chi connectivity index (χ0v) is 9.21. The van der Waals surface area contributed by atoms with Gasteiger partial charge in [0, 0.05) is 5.69 Å². The molecule has 0 atom stereocenters. The zero-order chi connectivity index (χ0) is 12.5. The van der Waals surface area contributed by atoms with E-state index in [1.54, 1.807) is 18.2 Å². The fraction of sp³-hybridized carbons (Fsp3) is 0. The maximum absolute atomic E-state index is 10.1. The summed E-state index contributed by atoms with van der Waals surface area (Å²) in [4.78, 5) is 10.1. The van der Waals surface area contributed by atoms with Crippen LogP contribution in [-0.2, 0) is 0 Å². The van der Waals surface area contributed by atoms with Crippen molar-refractivity contribution in [1.82, 2.24) is 0 Å². The minimum Gasteiger partial charge on any atom is -0.507 e. The second-order valence-corrected chi connectivity index (χ2v) is 3.19. The largest absolute Gasteiger partial charge is 0.507 e. The van der Waals surface area contributed by atoms with E-state index < -0.39 is 0 Å². The number of phenolic OH excluding ortho intramolecular Hbond substituents is 1. The van der Waals surface area contributed by atoms with Gasteiger partial charge >= 0.3 is 0 Å². The van der Waals surface area contributed by atoms with Crippen LogP contribution in [0.5, 0.6) is 5.75 Å². The first-order valence-corrected chi connectivity index (χ1v) is 5.02. The molecule has 4 heteroatoms. The first-order valence-electron chi connectivity index (χ1n) is 5.02. The van der Waals surface area contributed by atoms with Gasteiger partial charge in [0.15, 0.2) is 6.29 Å². The van der Waals surface area contributed by atoms with E-state index in [4.69, 9.17) is 10.9 Å². The third kappa shape index (κ3) is 4.36. The Hall–Kier alpha value is -2.33. The summed E-state index contributed by atoms with van der Waals surface area (Å²) in [5.41, 5.74) is 3.80. The summed E-state index contributed by atoms with van der Waals surface area (Å²) in [6.07, 6.45) is 0.620. The van der Waals surface area contributed by atoms with Gasteiger partial charge < -0.3 is 10.5 Å². The zero-order valence-electron chi connectivity index (χ0n) is 9.21. The molecule has 4 N–H and O–H groups in total. The van der Waals surface area contributed by atoms with Crippen molar-refractivity contribution >= 4 is 12.0 Å². The van der Waals surface area contributed by atoms with Gasteiger partial charge in [-0.2, -0.15) is 0 Å². The van der Waals surface area contributed by atoms with Gasteiger partial charge in [-0.05, 0) is 24.3 Å². The van der Waals surface area contributed by atoms with Crippen LogP contribution in [0.25, 0.3) is 0 Å². The Morgan fingerprint density at radius 1 is 1.00 bits per heavy atom. The second-order valence-electron chi connectivity index (χ2n) is 3.19. The Kier molecular flexibility index (Phi) is 5.27. The normalized spacial score (nSPS) is 8.76. The van der Waals surface area contributed by atoms with E-state index in [1.165, 1.54) is 6.07 Å². The minimum absolute atomic E-state index is 0.0347. The van der Waals surface area contributed by atoms with Crippen molar-refractivity contribution < 1.29 is 9.90 Å². The number of carbonyl (C=O) groups is 1. The van der Waals surface area contributed by atoms with Gasteiger partial charge in [0.25, 0.3) is 0 Å². The van der Waals surface area contributed by atoms with Crippen LogP contribution in [0.1, 0.15) is 10.4 Å². The molecule has 0 saturated heterocycles. The molecule has 0 unspecified atom stereocenters. The highest BCUT2D eigenvalue weighted by atomic mass is 16.3. The number of aldehydes is 1. The molecule has 4 nitrogen and oxygen atoms in total. The lowest BCUT2D eigenvalue weighted by Gasteiger charge is -1.94. The topological polar surface area (TPSA) is 75.3 Å². The molecule has 0 aliphatic rings. The molecule has 0 fully saturated rings. The summed E-state index contributed by atoms with van der Waals surface area (Å²) in [5.74, 6) is 5.13. The molecule has 2 aromatic rings. The minimum atomic E-state index is 0.0347. The first-order chi connectivity index (χ1) is 8.27. The molecule has 0 spiro atoms. The number of hydrazine groups is 1. The van der Waals surface area contributed by atoms with E-state index in [9.17, 15) is 4.79 Å². The molecule has 0 aliphatic carbocycles. The second kappa shape index (κ2) is 7.03. The molecule has 0 aliphatic heterocycles. The van der Waals surface area contributed by atoms with Crippen LogP contribution in [0.3, 0.4) is 0 Å². The van der Waals surface area contributed by atoms with Crippen molar-refractivity contribution in [3.05, 3.63) is 60.2 Å². The summed E-state index contributed by atoms with van der Waals surface area (Å²) >= 11 is 0. The van der Waals surface area contributed by atoms with E-state index in [0.717, 1.165) is 5.69 Å². The van der Waals surface area contributed by atoms with Gasteiger partial charge in [0.1, 0.15) is 5.75 Å². The molecule has 0 radical (unpaired) electrons. The molecule has 0 bridgehead atoms. The van der Waals surface area contributed by atoms with Crippen molar-refractivity contribution in [2.75, 3.05) is 5.43 Å². The lowest BCUT2D eigenvalue weighted by atomic mass is 10.2. The smallest absolute Gasteiger partial charge is 0.153 e. The number of benzene rings is 2. The summed E-state index contributed by atoms with van der Waals surface area (Å²) in [6, 6.07) is 16.0. The predicted octanol–water partition coefficient (Wildman–Crippen LogP) is 2.18. The number of nitrogens with two attached hydrogens (primary N) is 1. The van der Waals surface area contributed by atoms with Gasteiger partial charge in [-0.1, -0.05) is 30.3 Å². The third-order valence-electron chi connectivity index (χ3n) is 2.00. The van der Waals surface area contributed by atoms with Crippen molar-refractivity contribution in [3.8, 4) is 5.75 Å². The maximum atomic E-state index is 10.1. The summed E-state index contributed by atoms with van der Waals surface area (Å²) < 4.78 is 0. The molecule has 88 valence electrons. The first kappa shape index (κ1) is 12.7. The molecule has 0 heterocycles. The van der Waals surface area contributed by atoms with Gasteiger partial charge in [0.05, 0.1) is 5.56 Å². The number of nitrogen functional groups attached to an aromatic ring is 1. The number of nitrogens with one attached hydrogen (secondary N) is 1. The van der Waals surface area contributed by atoms with Gasteiger partial charge in [-0.15, -0.1) is 0 Å². The fourth-order valence-corrected chi connectivity index (χ4v) is 1.12. The quantitative estimate of drug-likeness (QED) is 0.420. The highest BCUT2D eigenvalue weighted by Gasteiger charge is 1.93. The number of carbonyl (C=O) groups excluding carboxylic acids is 1. The number of hydrogen-bond acceptors (Lipinski definition) is 4. The third-order valence-corrected chi connectivity index (χ3v) is 2.00. The monoisotopic (exact) mass is 230 g/mol. The van der Waals surface area contributed by atoms with E-state index >= 15 is 0 Å². The molecular formula is C13H14N2O2. The Labute approximate surface area is 99.7 Å². The number of phenols is 1. The van der Waals surface area contributed by atoms with Crippen molar-refractivity contribution in [1.29, 1.82) is 0 Å². The van der Waals surface area contributed by atoms with Gasteiger partial charge in [-0.25, -0.2) is 0 Å². The van der Waals surface area contributed by atoms with E-state index in [-0.39, 0.29) is 5.75 Å². The van der Waals surface area contributed by atoms with Crippen LogP contribution >= 0.6 is 0 Å². The summed E-state index contributed by atoms with van der Waals surface area (Å²) in [7, 11) is 0. The van der Waals surface area contributed by atoms with E-state index in [0.29, 0.717) is 11.8 Å². The van der Waals surface area contributed by atoms with Crippen LogP contribution in [0.2, 0.25) is 0 Å². The highest BCUT2D eigenvalue weighted by molar-refractivity contribution is 5.78. The van der Waals surface area contributed by atoms with Crippen molar-refractivity contribution in [2.45, 2.75) is 0 Å². The lowest BCUT2D eigenvalue weighted by molar-refractivity contribution is 0.112. The Morgan fingerprint density at radius 2 is 1.59 bits per heavy atom. The Morgan fingerprint density at radius 3 is 2.00 bits per heavy atom. The lowest BCUT2D eigenvalue weighted by Crippen LogP contribution is -2.05. The van der Waals surface area contributed by atoms with Gasteiger partial charge in [0.2, 0.25) is 0 Å². The van der Waals surface area contributed by atoms with Crippen LogP contribution in [0.4, 0.5) is 5.69 Å². The number of anilines is 1. The summed E-state index contributed by atoms with van der Waals surface area (Å²) in [5, 5.41) is 8.88. The Balaban J connectivity index is 0.000000171. The number of hydrogen-bond donors (Lipinski definition) is 3. The number of rotatable bonds is 2. The van der Waals surface area contributed by atoms with Crippen molar-refractivity contribution in [2.24, 2.45) is 5.84 Å². The van der Waals surface area contributed by atoms with Gasteiger partial charge in [-0.3, -0.25) is 10.6 Å². The molecule has 0 aromatic heterocycles. The molecule has 0 saturated carbocycles.